The Morgan fingerprint density at radius 1 is 1.19 bits per heavy atom. The van der Waals surface area contributed by atoms with E-state index in [4.69, 9.17) is 25.6 Å². The Kier molecular flexibility index (Phi) is 6.47. The molecule has 2 heterocycles. The molecule has 1 aromatic heterocycles. The number of hydrogen-bond acceptors (Lipinski definition) is 5. The van der Waals surface area contributed by atoms with Crippen LogP contribution in [0.1, 0.15) is 30.2 Å². The number of benzene rings is 2. The fraction of sp³-hybridized carbons (Fsp3) is 0.333. The summed E-state index contributed by atoms with van der Waals surface area (Å²) in [6.07, 6.45) is 1.75. The van der Waals surface area contributed by atoms with E-state index in [-0.39, 0.29) is 5.91 Å². The van der Waals surface area contributed by atoms with Gasteiger partial charge in [-0.1, -0.05) is 22.8 Å². The van der Waals surface area contributed by atoms with E-state index in [1.807, 2.05) is 54.3 Å². The molecule has 0 N–H and O–H groups in total. The molecule has 31 heavy (non-hydrogen) atoms. The van der Waals surface area contributed by atoms with E-state index in [2.05, 4.69) is 5.16 Å². The zero-order valence-electron chi connectivity index (χ0n) is 17.7. The summed E-state index contributed by atoms with van der Waals surface area (Å²) in [6, 6.07) is 13.3. The average Bonchev–Trinajstić information content (AvgIpc) is 3.22. The van der Waals surface area contributed by atoms with Gasteiger partial charge in [0.25, 0.3) is 0 Å². The van der Waals surface area contributed by atoms with Gasteiger partial charge in [0.1, 0.15) is 0 Å². The number of halogens is 1. The molecule has 0 bridgehead atoms. The number of fused-ring (bicyclic) bond motifs is 1. The summed E-state index contributed by atoms with van der Waals surface area (Å²) in [7, 11) is 1.62. The van der Waals surface area contributed by atoms with Gasteiger partial charge in [0.2, 0.25) is 5.91 Å². The smallest absolute Gasteiger partial charge is 0.223 e. The largest absolute Gasteiger partial charge is 0.493 e. The Balaban J connectivity index is 1.42. The molecule has 4 rings (SSSR count). The number of amides is 1. The summed E-state index contributed by atoms with van der Waals surface area (Å²) in [6.45, 7) is 3.66. The van der Waals surface area contributed by atoms with Gasteiger partial charge < -0.3 is 18.9 Å². The fourth-order valence-corrected chi connectivity index (χ4v) is 3.93. The van der Waals surface area contributed by atoms with Gasteiger partial charge in [-0.15, -0.1) is 0 Å². The fourth-order valence-electron chi connectivity index (χ4n) is 3.81. The third-order valence-corrected chi connectivity index (χ3v) is 5.70. The first-order chi connectivity index (χ1) is 15.1. The van der Waals surface area contributed by atoms with Crippen molar-refractivity contribution in [3.8, 4) is 22.8 Å². The Morgan fingerprint density at radius 3 is 2.74 bits per heavy atom. The molecule has 0 saturated heterocycles. The molecule has 7 heteroatoms. The molecular weight excluding hydrogens is 416 g/mol. The lowest BCUT2D eigenvalue weighted by atomic mass is 10.0. The third-order valence-electron chi connectivity index (χ3n) is 5.45. The number of aromatic nitrogens is 1. The summed E-state index contributed by atoms with van der Waals surface area (Å²) in [5.41, 5.74) is 3.85. The maximum Gasteiger partial charge on any atom is 0.223 e. The Labute approximate surface area is 186 Å². The zero-order chi connectivity index (χ0) is 21.8. The number of carbonyl (C=O) groups excluding carboxylic acids is 1. The van der Waals surface area contributed by atoms with Gasteiger partial charge in [-0.3, -0.25) is 4.79 Å². The lowest BCUT2D eigenvalue weighted by Crippen LogP contribution is -2.36. The van der Waals surface area contributed by atoms with Crippen LogP contribution < -0.4 is 9.47 Å². The van der Waals surface area contributed by atoms with Crippen molar-refractivity contribution in [2.24, 2.45) is 0 Å². The van der Waals surface area contributed by atoms with Crippen LogP contribution in [0, 0.1) is 0 Å². The first kappa shape index (κ1) is 21.2. The highest BCUT2D eigenvalue weighted by Crippen LogP contribution is 2.32. The Bertz CT molecular complexity index is 1060. The minimum absolute atomic E-state index is 0.113. The molecule has 162 valence electrons. The molecule has 3 aromatic rings. The van der Waals surface area contributed by atoms with Crippen LogP contribution in [-0.4, -0.2) is 36.2 Å². The summed E-state index contributed by atoms with van der Waals surface area (Å²) >= 11 is 6.00. The van der Waals surface area contributed by atoms with Crippen molar-refractivity contribution in [2.45, 2.75) is 32.7 Å². The number of rotatable bonds is 7. The van der Waals surface area contributed by atoms with Crippen LogP contribution in [0.25, 0.3) is 11.3 Å². The molecule has 0 radical (unpaired) electrons. The van der Waals surface area contributed by atoms with Crippen molar-refractivity contribution in [3.63, 3.8) is 0 Å². The number of carbonyl (C=O) groups is 1. The van der Waals surface area contributed by atoms with Crippen LogP contribution in [0.2, 0.25) is 5.02 Å². The second kappa shape index (κ2) is 9.43. The molecule has 0 unspecified atom stereocenters. The standard InChI is InChI=1S/C24H25ClN2O4/c1-3-30-21-10-4-16(14-22(21)29-2)5-11-23(28)27-13-12-20-19(15-27)24(31-26-20)17-6-8-18(25)9-7-17/h4,6-10,14H,3,5,11-13,15H2,1-2H3. The minimum atomic E-state index is 0.113. The first-order valence-electron chi connectivity index (χ1n) is 10.4. The van der Waals surface area contributed by atoms with Crippen molar-refractivity contribution < 1.29 is 18.8 Å². The molecule has 1 aliphatic heterocycles. The second-order valence-corrected chi connectivity index (χ2v) is 7.86. The zero-order valence-corrected chi connectivity index (χ0v) is 18.4. The highest BCUT2D eigenvalue weighted by Gasteiger charge is 2.27. The molecule has 6 nitrogen and oxygen atoms in total. The lowest BCUT2D eigenvalue weighted by molar-refractivity contribution is -0.132. The summed E-state index contributed by atoms with van der Waals surface area (Å²) < 4.78 is 16.6. The van der Waals surface area contributed by atoms with E-state index in [1.54, 1.807) is 7.11 Å². The van der Waals surface area contributed by atoms with Crippen molar-refractivity contribution in [2.75, 3.05) is 20.3 Å². The highest BCUT2D eigenvalue weighted by molar-refractivity contribution is 6.30. The topological polar surface area (TPSA) is 64.8 Å². The van der Waals surface area contributed by atoms with Gasteiger partial charge in [0.05, 0.1) is 26.0 Å². The van der Waals surface area contributed by atoms with Crippen LogP contribution in [-0.2, 0) is 24.2 Å². The van der Waals surface area contributed by atoms with Gasteiger partial charge in [-0.05, 0) is 55.3 Å². The van der Waals surface area contributed by atoms with Crippen LogP contribution in [0.3, 0.4) is 0 Å². The quantitative estimate of drug-likeness (QED) is 0.521. The highest BCUT2D eigenvalue weighted by atomic mass is 35.5. The number of aryl methyl sites for hydroxylation is 1. The summed E-state index contributed by atoms with van der Waals surface area (Å²) in [5.74, 6) is 2.22. The number of methoxy groups -OCH3 is 1. The number of nitrogens with zero attached hydrogens (tertiary/aromatic N) is 2. The van der Waals surface area contributed by atoms with Crippen LogP contribution >= 0.6 is 11.6 Å². The van der Waals surface area contributed by atoms with Crippen LogP contribution in [0.15, 0.2) is 47.0 Å². The summed E-state index contributed by atoms with van der Waals surface area (Å²) in [5, 5.41) is 4.88. The van der Waals surface area contributed by atoms with Gasteiger partial charge in [0.15, 0.2) is 17.3 Å². The van der Waals surface area contributed by atoms with Gasteiger partial charge >= 0.3 is 0 Å². The molecule has 1 amide bonds. The van der Waals surface area contributed by atoms with Crippen molar-refractivity contribution in [3.05, 3.63) is 64.3 Å². The molecule has 2 aromatic carbocycles. The predicted molar refractivity (Wildman–Crippen MR) is 119 cm³/mol. The van der Waals surface area contributed by atoms with Gasteiger partial charge in [-0.25, -0.2) is 0 Å². The normalized spacial score (nSPS) is 13.1. The van der Waals surface area contributed by atoms with Crippen molar-refractivity contribution in [1.29, 1.82) is 0 Å². The van der Waals surface area contributed by atoms with E-state index in [1.165, 1.54) is 0 Å². The maximum atomic E-state index is 12.9. The van der Waals surface area contributed by atoms with Crippen molar-refractivity contribution >= 4 is 17.5 Å². The van der Waals surface area contributed by atoms with E-state index >= 15 is 0 Å². The van der Waals surface area contributed by atoms with Crippen LogP contribution in [0.5, 0.6) is 11.5 Å². The molecule has 0 spiro atoms. The third kappa shape index (κ3) is 4.69. The molecule has 0 atom stereocenters. The van der Waals surface area contributed by atoms with Gasteiger partial charge in [-0.2, -0.15) is 0 Å². The van der Waals surface area contributed by atoms with E-state index in [0.717, 1.165) is 22.4 Å². The van der Waals surface area contributed by atoms with E-state index in [0.29, 0.717) is 61.2 Å². The van der Waals surface area contributed by atoms with E-state index < -0.39 is 0 Å². The molecule has 0 saturated carbocycles. The predicted octanol–water partition coefficient (Wildman–Crippen LogP) is 4.92. The monoisotopic (exact) mass is 440 g/mol. The molecular formula is C24H25ClN2O4. The van der Waals surface area contributed by atoms with E-state index in [9.17, 15) is 4.79 Å². The van der Waals surface area contributed by atoms with Gasteiger partial charge in [0, 0.05) is 35.5 Å². The van der Waals surface area contributed by atoms with Crippen LogP contribution in [0.4, 0.5) is 0 Å². The number of hydrogen-bond donors (Lipinski definition) is 0. The number of ether oxygens (including phenoxy) is 2. The second-order valence-electron chi connectivity index (χ2n) is 7.43. The molecule has 1 aliphatic rings. The summed E-state index contributed by atoms with van der Waals surface area (Å²) in [4.78, 5) is 14.8. The SMILES string of the molecule is CCOc1ccc(CCC(=O)N2CCc3noc(-c4ccc(Cl)cc4)c3C2)cc1OC. The van der Waals surface area contributed by atoms with Crippen molar-refractivity contribution in [1.82, 2.24) is 10.1 Å². The molecule has 0 fully saturated rings. The first-order valence-corrected chi connectivity index (χ1v) is 10.8. The Morgan fingerprint density at radius 2 is 2.00 bits per heavy atom. The molecule has 0 aliphatic carbocycles. The Hall–Kier alpha value is -2.99. The minimum Gasteiger partial charge on any atom is -0.493 e. The average molecular weight is 441 g/mol. The lowest BCUT2D eigenvalue weighted by Gasteiger charge is -2.26. The maximum absolute atomic E-state index is 12.9.